The van der Waals surface area contributed by atoms with Crippen molar-refractivity contribution in [3.05, 3.63) is 47.1 Å². The summed E-state index contributed by atoms with van der Waals surface area (Å²) in [4.78, 5) is 16.7. The van der Waals surface area contributed by atoms with Crippen LogP contribution < -0.4 is 15.4 Å². The van der Waals surface area contributed by atoms with Crippen molar-refractivity contribution in [2.24, 2.45) is 0 Å². The predicted molar refractivity (Wildman–Crippen MR) is 89.0 cm³/mol. The van der Waals surface area contributed by atoms with Gasteiger partial charge >= 0.3 is 0 Å². The molecule has 1 aromatic heterocycles. The van der Waals surface area contributed by atoms with Crippen molar-refractivity contribution in [3.63, 3.8) is 0 Å². The fourth-order valence-electron chi connectivity index (χ4n) is 1.94. The Hall–Kier alpha value is -2.27. The number of methoxy groups -OCH3 is 1. The van der Waals surface area contributed by atoms with E-state index in [0.717, 1.165) is 0 Å². The molecule has 2 N–H and O–H groups in total. The number of ether oxygens (including phenoxy) is 1. The summed E-state index contributed by atoms with van der Waals surface area (Å²) in [6.45, 7) is 3.97. The minimum Gasteiger partial charge on any atom is -0.495 e. The second kappa shape index (κ2) is 7.13. The number of benzene rings is 1. The third-order valence-corrected chi connectivity index (χ3v) is 3.12. The molecule has 5 nitrogen and oxygen atoms in total. The van der Waals surface area contributed by atoms with Crippen LogP contribution in [0.25, 0.3) is 0 Å². The van der Waals surface area contributed by atoms with Gasteiger partial charge in [-0.2, -0.15) is 0 Å². The Morgan fingerprint density at radius 1 is 1.32 bits per heavy atom. The Morgan fingerprint density at radius 2 is 2.09 bits per heavy atom. The number of pyridine rings is 1. The monoisotopic (exact) mass is 319 g/mol. The average molecular weight is 320 g/mol. The molecule has 0 fully saturated rings. The van der Waals surface area contributed by atoms with E-state index in [1.807, 2.05) is 13.8 Å². The van der Waals surface area contributed by atoms with Crippen molar-refractivity contribution in [2.75, 3.05) is 17.7 Å². The van der Waals surface area contributed by atoms with E-state index >= 15 is 0 Å². The van der Waals surface area contributed by atoms with E-state index in [1.54, 1.807) is 36.5 Å². The Balaban J connectivity index is 2.28. The molecule has 0 bridgehead atoms. The maximum Gasteiger partial charge on any atom is 0.259 e. The highest BCUT2D eigenvalue weighted by atomic mass is 35.5. The number of anilines is 2. The molecule has 22 heavy (non-hydrogen) atoms. The summed E-state index contributed by atoms with van der Waals surface area (Å²) in [6, 6.07) is 8.65. The molecule has 2 aromatic rings. The van der Waals surface area contributed by atoms with Crippen LogP contribution >= 0.6 is 11.6 Å². The first-order valence-electron chi connectivity index (χ1n) is 6.87. The molecule has 0 spiro atoms. The van der Waals surface area contributed by atoms with Gasteiger partial charge in [-0.1, -0.05) is 11.6 Å². The highest BCUT2D eigenvalue weighted by Gasteiger charge is 2.15. The molecule has 0 saturated carbocycles. The zero-order chi connectivity index (χ0) is 16.1. The minimum atomic E-state index is -0.281. The number of nitrogens with zero attached hydrogens (tertiary/aromatic N) is 1. The van der Waals surface area contributed by atoms with Crippen LogP contribution in [0.3, 0.4) is 0 Å². The Morgan fingerprint density at radius 3 is 2.77 bits per heavy atom. The summed E-state index contributed by atoms with van der Waals surface area (Å²) in [5, 5.41) is 6.47. The maximum absolute atomic E-state index is 12.5. The van der Waals surface area contributed by atoms with E-state index in [9.17, 15) is 4.79 Å². The Bertz CT molecular complexity index is 674. The second-order valence-corrected chi connectivity index (χ2v) is 5.43. The predicted octanol–water partition coefficient (Wildman–Crippen LogP) is 3.82. The molecule has 116 valence electrons. The molecular formula is C16H18ClN3O2. The SMILES string of the molecule is COc1ccc(Cl)cc1NC(=O)c1cccnc1NC(C)C. The van der Waals surface area contributed by atoms with Crippen molar-refractivity contribution >= 4 is 29.0 Å². The lowest BCUT2D eigenvalue weighted by molar-refractivity contribution is 0.102. The van der Waals surface area contributed by atoms with Crippen molar-refractivity contribution in [2.45, 2.75) is 19.9 Å². The van der Waals surface area contributed by atoms with E-state index in [4.69, 9.17) is 16.3 Å². The fraction of sp³-hybridized carbons (Fsp3) is 0.250. The first-order valence-corrected chi connectivity index (χ1v) is 7.25. The third kappa shape index (κ3) is 3.89. The Labute approximate surface area is 134 Å². The van der Waals surface area contributed by atoms with Crippen LogP contribution in [-0.2, 0) is 0 Å². The molecule has 1 aromatic carbocycles. The van der Waals surface area contributed by atoms with Gasteiger partial charge in [0.25, 0.3) is 5.91 Å². The summed E-state index contributed by atoms with van der Waals surface area (Å²) >= 11 is 5.97. The molecule has 0 aliphatic carbocycles. The van der Waals surface area contributed by atoms with Gasteiger partial charge in [-0.05, 0) is 44.2 Å². The highest BCUT2D eigenvalue weighted by Crippen LogP contribution is 2.28. The molecule has 1 heterocycles. The highest BCUT2D eigenvalue weighted by molar-refractivity contribution is 6.31. The lowest BCUT2D eigenvalue weighted by Gasteiger charge is -2.14. The molecular weight excluding hydrogens is 302 g/mol. The van der Waals surface area contributed by atoms with Crippen molar-refractivity contribution in [1.29, 1.82) is 0 Å². The number of hydrogen-bond acceptors (Lipinski definition) is 4. The lowest BCUT2D eigenvalue weighted by atomic mass is 10.2. The zero-order valence-corrected chi connectivity index (χ0v) is 13.4. The van der Waals surface area contributed by atoms with Gasteiger partial charge < -0.3 is 15.4 Å². The molecule has 0 aliphatic heterocycles. The van der Waals surface area contributed by atoms with E-state index in [0.29, 0.717) is 27.8 Å². The van der Waals surface area contributed by atoms with E-state index in [2.05, 4.69) is 15.6 Å². The second-order valence-electron chi connectivity index (χ2n) is 5.00. The average Bonchev–Trinajstić information content (AvgIpc) is 2.47. The maximum atomic E-state index is 12.5. The van der Waals surface area contributed by atoms with Crippen LogP contribution in [-0.4, -0.2) is 24.0 Å². The summed E-state index contributed by atoms with van der Waals surface area (Å²) in [7, 11) is 1.54. The van der Waals surface area contributed by atoms with E-state index < -0.39 is 0 Å². The summed E-state index contributed by atoms with van der Waals surface area (Å²) in [6.07, 6.45) is 1.64. The van der Waals surface area contributed by atoms with Gasteiger partial charge in [0.1, 0.15) is 11.6 Å². The number of hydrogen-bond donors (Lipinski definition) is 2. The summed E-state index contributed by atoms with van der Waals surface area (Å²) in [5.74, 6) is 0.799. The lowest BCUT2D eigenvalue weighted by Crippen LogP contribution is -2.19. The fourth-order valence-corrected chi connectivity index (χ4v) is 2.12. The van der Waals surface area contributed by atoms with Crippen LogP contribution in [0.2, 0.25) is 5.02 Å². The summed E-state index contributed by atoms with van der Waals surface area (Å²) < 4.78 is 5.23. The number of amides is 1. The van der Waals surface area contributed by atoms with Crippen molar-refractivity contribution in [3.8, 4) is 5.75 Å². The van der Waals surface area contributed by atoms with Crippen LogP contribution in [0.4, 0.5) is 11.5 Å². The van der Waals surface area contributed by atoms with Crippen molar-refractivity contribution in [1.82, 2.24) is 4.98 Å². The van der Waals surface area contributed by atoms with Gasteiger partial charge in [-0.15, -0.1) is 0 Å². The smallest absolute Gasteiger partial charge is 0.259 e. The van der Waals surface area contributed by atoms with Gasteiger partial charge in [0.2, 0.25) is 0 Å². The standard InChI is InChI=1S/C16H18ClN3O2/c1-10(2)19-15-12(5-4-8-18-15)16(21)20-13-9-11(17)6-7-14(13)22-3/h4-10H,1-3H3,(H,18,19)(H,20,21). The van der Waals surface area contributed by atoms with Crippen LogP contribution in [0.15, 0.2) is 36.5 Å². The number of rotatable bonds is 5. The topological polar surface area (TPSA) is 63.2 Å². The molecule has 0 atom stereocenters. The summed E-state index contributed by atoms with van der Waals surface area (Å²) in [5.41, 5.74) is 0.970. The number of halogens is 1. The van der Waals surface area contributed by atoms with Crippen LogP contribution in [0, 0.1) is 0 Å². The van der Waals surface area contributed by atoms with Gasteiger partial charge in [0.15, 0.2) is 0 Å². The van der Waals surface area contributed by atoms with Crippen LogP contribution in [0.5, 0.6) is 5.75 Å². The van der Waals surface area contributed by atoms with Crippen molar-refractivity contribution < 1.29 is 9.53 Å². The first kappa shape index (κ1) is 16.1. The molecule has 0 aliphatic rings. The van der Waals surface area contributed by atoms with E-state index in [-0.39, 0.29) is 11.9 Å². The van der Waals surface area contributed by atoms with Gasteiger partial charge in [0, 0.05) is 17.3 Å². The number of aromatic nitrogens is 1. The molecule has 0 radical (unpaired) electrons. The third-order valence-electron chi connectivity index (χ3n) is 2.89. The van der Waals surface area contributed by atoms with E-state index in [1.165, 1.54) is 7.11 Å². The molecule has 2 rings (SSSR count). The Kier molecular flexibility index (Phi) is 5.22. The van der Waals surface area contributed by atoms with Crippen LogP contribution in [0.1, 0.15) is 24.2 Å². The van der Waals surface area contributed by atoms with Gasteiger partial charge in [0.05, 0.1) is 18.4 Å². The molecule has 6 heteroatoms. The van der Waals surface area contributed by atoms with Gasteiger partial charge in [-0.3, -0.25) is 4.79 Å². The number of carbonyl (C=O) groups excluding carboxylic acids is 1. The van der Waals surface area contributed by atoms with Gasteiger partial charge in [-0.25, -0.2) is 4.98 Å². The number of carbonyl (C=O) groups is 1. The largest absolute Gasteiger partial charge is 0.495 e. The quantitative estimate of drug-likeness (QED) is 0.879. The minimum absolute atomic E-state index is 0.169. The normalized spacial score (nSPS) is 10.4. The molecule has 1 amide bonds. The first-order chi connectivity index (χ1) is 10.5. The number of nitrogens with one attached hydrogen (secondary N) is 2. The zero-order valence-electron chi connectivity index (χ0n) is 12.7. The molecule has 0 saturated heterocycles. The molecule has 0 unspecified atom stereocenters.